The minimum absolute atomic E-state index is 0.111. The Morgan fingerprint density at radius 1 is 1.28 bits per heavy atom. The molecule has 0 aliphatic heterocycles. The van der Waals surface area contributed by atoms with Crippen LogP contribution in [0.4, 0.5) is 0 Å². The molecule has 25 heavy (non-hydrogen) atoms. The maximum atomic E-state index is 12.3. The SMILES string of the molecule is C=C1C[C@]23C[C@H]1[C@@H](O)C[C@H]2C1=CC[C@H](O)[C@@](C)(C(=O)O)[C@H]1[C@@H]3C(=O)O. The number of allylic oxidation sites excluding steroid dienone is 1. The summed E-state index contributed by atoms with van der Waals surface area (Å²) in [5.41, 5.74) is -0.443. The summed E-state index contributed by atoms with van der Waals surface area (Å²) in [7, 11) is 0. The van der Waals surface area contributed by atoms with Crippen LogP contribution in [0.15, 0.2) is 23.8 Å². The summed E-state index contributed by atoms with van der Waals surface area (Å²) in [6, 6.07) is 0. The molecule has 0 aromatic carbocycles. The summed E-state index contributed by atoms with van der Waals surface area (Å²) in [5, 5.41) is 40.9. The Kier molecular flexibility index (Phi) is 3.32. The minimum Gasteiger partial charge on any atom is -0.481 e. The molecule has 0 radical (unpaired) electrons. The predicted molar refractivity (Wildman–Crippen MR) is 87.5 cm³/mol. The Morgan fingerprint density at radius 3 is 2.56 bits per heavy atom. The molecule has 0 aromatic heterocycles. The molecule has 0 unspecified atom stereocenters. The van der Waals surface area contributed by atoms with E-state index in [0.29, 0.717) is 19.3 Å². The van der Waals surface area contributed by atoms with Crippen molar-refractivity contribution < 1.29 is 30.0 Å². The van der Waals surface area contributed by atoms with Gasteiger partial charge in [0, 0.05) is 11.8 Å². The van der Waals surface area contributed by atoms with E-state index in [0.717, 1.165) is 11.1 Å². The number of rotatable bonds is 2. The van der Waals surface area contributed by atoms with Crippen LogP contribution in [-0.4, -0.2) is 44.6 Å². The van der Waals surface area contributed by atoms with Gasteiger partial charge in [0.15, 0.2) is 0 Å². The third kappa shape index (κ3) is 1.82. The van der Waals surface area contributed by atoms with Gasteiger partial charge in [0.1, 0.15) is 0 Å². The summed E-state index contributed by atoms with van der Waals surface area (Å²) in [6.07, 6.45) is 1.84. The molecule has 4 aliphatic rings. The van der Waals surface area contributed by atoms with Crippen LogP contribution in [-0.2, 0) is 9.59 Å². The zero-order valence-electron chi connectivity index (χ0n) is 14.2. The molecule has 4 rings (SSSR count). The lowest BCUT2D eigenvalue weighted by Crippen LogP contribution is -2.52. The first-order valence-corrected chi connectivity index (χ1v) is 8.84. The lowest BCUT2D eigenvalue weighted by atomic mass is 9.60. The zero-order chi connectivity index (χ0) is 18.3. The van der Waals surface area contributed by atoms with Crippen molar-refractivity contribution in [2.75, 3.05) is 0 Å². The third-order valence-electron chi connectivity index (χ3n) is 7.67. The highest BCUT2D eigenvalue weighted by Gasteiger charge is 2.71. The lowest BCUT2D eigenvalue weighted by Gasteiger charge is -2.42. The first-order chi connectivity index (χ1) is 11.6. The van der Waals surface area contributed by atoms with Gasteiger partial charge < -0.3 is 20.4 Å². The van der Waals surface area contributed by atoms with E-state index in [-0.39, 0.29) is 18.3 Å². The predicted octanol–water partition coefficient (Wildman–Crippen LogP) is 1.43. The molecule has 4 aliphatic carbocycles. The van der Waals surface area contributed by atoms with E-state index in [9.17, 15) is 30.0 Å². The van der Waals surface area contributed by atoms with Gasteiger partial charge >= 0.3 is 11.9 Å². The molecule has 1 spiro atoms. The number of carboxylic acids is 2. The second kappa shape index (κ2) is 4.95. The molecule has 6 heteroatoms. The number of fused-ring (bicyclic) bond motifs is 3. The highest BCUT2D eigenvalue weighted by Crippen LogP contribution is 2.72. The van der Waals surface area contributed by atoms with Crippen molar-refractivity contribution in [1.82, 2.24) is 0 Å². The molecule has 0 aromatic rings. The van der Waals surface area contributed by atoms with Crippen molar-refractivity contribution >= 4 is 11.9 Å². The molecular formula is C19H24O6. The van der Waals surface area contributed by atoms with Crippen LogP contribution in [0, 0.1) is 34.5 Å². The van der Waals surface area contributed by atoms with Gasteiger partial charge in [-0.05, 0) is 43.9 Å². The summed E-state index contributed by atoms with van der Waals surface area (Å²) in [6.45, 7) is 5.53. The van der Waals surface area contributed by atoms with Crippen LogP contribution in [0.5, 0.6) is 0 Å². The fourth-order valence-corrected chi connectivity index (χ4v) is 6.48. The van der Waals surface area contributed by atoms with E-state index >= 15 is 0 Å². The number of carbonyl (C=O) groups is 2. The molecule has 2 bridgehead atoms. The van der Waals surface area contributed by atoms with E-state index in [1.54, 1.807) is 0 Å². The second-order valence-electron chi connectivity index (χ2n) is 8.57. The average Bonchev–Trinajstić information content (AvgIpc) is 2.97. The smallest absolute Gasteiger partial charge is 0.312 e. The van der Waals surface area contributed by atoms with Gasteiger partial charge in [-0.25, -0.2) is 0 Å². The molecule has 0 saturated heterocycles. The fourth-order valence-electron chi connectivity index (χ4n) is 6.48. The van der Waals surface area contributed by atoms with Gasteiger partial charge in [-0.3, -0.25) is 9.59 Å². The standard InChI is InChI=1S/C19H24O6/c1-8-6-19-7-10(8)12(20)5-11(19)9-3-4-13(21)18(2,17(24)25)14(9)15(19)16(22)23/h3,10-15,20-21H,1,4-7H2,2H3,(H,22,23)(H,24,25)/t10-,11+,12+,13+,14-,15-,18-,19+/m1/s1. The van der Waals surface area contributed by atoms with Gasteiger partial charge in [0.25, 0.3) is 0 Å². The normalized spacial score (nSPS) is 50.8. The Labute approximate surface area is 145 Å². The van der Waals surface area contributed by atoms with Crippen molar-refractivity contribution in [3.8, 4) is 0 Å². The molecule has 4 N–H and O–H groups in total. The third-order valence-corrected chi connectivity index (χ3v) is 7.67. The molecule has 136 valence electrons. The molecule has 0 amide bonds. The number of hydrogen-bond acceptors (Lipinski definition) is 4. The fraction of sp³-hybridized carbons (Fsp3) is 0.684. The highest BCUT2D eigenvalue weighted by molar-refractivity contribution is 5.81. The minimum atomic E-state index is -1.54. The Balaban J connectivity index is 1.93. The van der Waals surface area contributed by atoms with Crippen LogP contribution < -0.4 is 0 Å². The summed E-state index contributed by atoms with van der Waals surface area (Å²) >= 11 is 0. The quantitative estimate of drug-likeness (QED) is 0.561. The van der Waals surface area contributed by atoms with E-state index in [1.165, 1.54) is 6.92 Å². The number of aliphatic hydroxyl groups excluding tert-OH is 2. The van der Waals surface area contributed by atoms with Crippen molar-refractivity contribution in [3.05, 3.63) is 23.8 Å². The first-order valence-electron chi connectivity index (χ1n) is 8.84. The van der Waals surface area contributed by atoms with E-state index in [1.807, 2.05) is 6.08 Å². The van der Waals surface area contributed by atoms with Gasteiger partial charge in [0.05, 0.1) is 23.5 Å². The van der Waals surface area contributed by atoms with Crippen LogP contribution in [0.25, 0.3) is 0 Å². The van der Waals surface area contributed by atoms with Gasteiger partial charge in [-0.15, -0.1) is 0 Å². The topological polar surface area (TPSA) is 115 Å². The van der Waals surface area contributed by atoms with E-state index in [4.69, 9.17) is 0 Å². The van der Waals surface area contributed by atoms with Gasteiger partial charge in [-0.2, -0.15) is 0 Å². The summed E-state index contributed by atoms with van der Waals surface area (Å²) < 4.78 is 0. The maximum absolute atomic E-state index is 12.3. The largest absolute Gasteiger partial charge is 0.481 e. The van der Waals surface area contributed by atoms with Crippen LogP contribution in [0.2, 0.25) is 0 Å². The number of carboxylic acid groups (broad SMARTS) is 2. The van der Waals surface area contributed by atoms with E-state index < -0.39 is 46.8 Å². The van der Waals surface area contributed by atoms with Crippen LogP contribution in [0.1, 0.15) is 32.6 Å². The maximum Gasteiger partial charge on any atom is 0.312 e. The average molecular weight is 348 g/mol. The van der Waals surface area contributed by atoms with Crippen molar-refractivity contribution in [2.24, 2.45) is 34.5 Å². The van der Waals surface area contributed by atoms with Crippen LogP contribution in [0.3, 0.4) is 0 Å². The molecule has 3 fully saturated rings. The summed E-state index contributed by atoms with van der Waals surface area (Å²) in [5.74, 6) is -4.08. The highest BCUT2D eigenvalue weighted by atomic mass is 16.4. The molecular weight excluding hydrogens is 324 g/mol. The summed E-state index contributed by atoms with van der Waals surface area (Å²) in [4.78, 5) is 24.4. The Hall–Kier alpha value is -1.66. The molecule has 6 nitrogen and oxygen atoms in total. The number of aliphatic carboxylic acids is 2. The lowest BCUT2D eigenvalue weighted by molar-refractivity contribution is -0.167. The second-order valence-corrected chi connectivity index (χ2v) is 8.57. The Bertz CT molecular complexity index is 711. The van der Waals surface area contributed by atoms with Gasteiger partial charge in [-0.1, -0.05) is 23.8 Å². The first kappa shape index (κ1) is 16.8. The molecule has 8 atom stereocenters. The monoisotopic (exact) mass is 348 g/mol. The number of aliphatic hydroxyl groups is 2. The van der Waals surface area contributed by atoms with Crippen molar-refractivity contribution in [3.63, 3.8) is 0 Å². The van der Waals surface area contributed by atoms with Crippen molar-refractivity contribution in [2.45, 2.75) is 44.8 Å². The van der Waals surface area contributed by atoms with Crippen molar-refractivity contribution in [1.29, 1.82) is 0 Å². The molecule has 3 saturated carbocycles. The zero-order valence-corrected chi connectivity index (χ0v) is 14.2. The van der Waals surface area contributed by atoms with Gasteiger partial charge in [0.2, 0.25) is 0 Å². The van der Waals surface area contributed by atoms with E-state index in [2.05, 4.69) is 6.58 Å². The number of hydrogen-bond donors (Lipinski definition) is 4. The Morgan fingerprint density at radius 2 is 1.96 bits per heavy atom. The molecule has 0 heterocycles. The van der Waals surface area contributed by atoms with Crippen LogP contribution >= 0.6 is 0 Å².